The first kappa shape index (κ1) is 13.7. The van der Waals surface area contributed by atoms with E-state index in [1.165, 1.54) is 0 Å². The number of nitrogens with zero attached hydrogens (tertiary/aromatic N) is 3. The second kappa shape index (κ2) is 5.34. The van der Waals surface area contributed by atoms with Crippen molar-refractivity contribution < 1.29 is 5.11 Å². The largest absolute Gasteiger partial charge is 0.385 e. The van der Waals surface area contributed by atoms with E-state index in [0.29, 0.717) is 6.04 Å². The summed E-state index contributed by atoms with van der Waals surface area (Å²) in [5.74, 6) is 0.750. The Hall–Kier alpha value is -1.98. The molecular weight excluding hydrogens is 276 g/mol. The molecule has 1 unspecified atom stereocenters. The predicted octanol–water partition coefficient (Wildman–Crippen LogP) is 2.56. The van der Waals surface area contributed by atoms with Gasteiger partial charge in [0.2, 0.25) is 0 Å². The number of pyridine rings is 1. The third-order valence-electron chi connectivity index (χ3n) is 4.50. The van der Waals surface area contributed by atoms with Crippen LogP contribution < -0.4 is 5.32 Å². The number of hydrogen-bond donors (Lipinski definition) is 2. The molecule has 0 bridgehead atoms. The molecule has 3 aromatic rings. The van der Waals surface area contributed by atoms with E-state index in [9.17, 15) is 5.11 Å². The molecule has 1 atom stereocenters. The van der Waals surface area contributed by atoms with E-state index in [1.807, 2.05) is 24.4 Å². The number of aliphatic hydroxyl groups excluding tert-OH is 1. The Morgan fingerprint density at radius 2 is 2.00 bits per heavy atom. The van der Waals surface area contributed by atoms with Gasteiger partial charge in [-0.05, 0) is 38.9 Å². The minimum atomic E-state index is -0.582. The van der Waals surface area contributed by atoms with Crippen LogP contribution in [0.4, 0.5) is 0 Å². The van der Waals surface area contributed by atoms with Crippen LogP contribution in [0.2, 0.25) is 0 Å². The SMILES string of the molecule is CC(O)c1nc2cnc3ccccc3c2n1C1CCNCC1. The van der Waals surface area contributed by atoms with Gasteiger partial charge in [-0.1, -0.05) is 18.2 Å². The van der Waals surface area contributed by atoms with E-state index in [2.05, 4.69) is 25.9 Å². The smallest absolute Gasteiger partial charge is 0.138 e. The number of para-hydroxylation sites is 1. The molecule has 2 N–H and O–H groups in total. The molecule has 0 amide bonds. The van der Waals surface area contributed by atoms with Crippen LogP contribution in [0.5, 0.6) is 0 Å². The first-order chi connectivity index (χ1) is 10.8. The molecule has 3 heterocycles. The number of hydrogen-bond acceptors (Lipinski definition) is 4. The summed E-state index contributed by atoms with van der Waals surface area (Å²) >= 11 is 0. The zero-order valence-corrected chi connectivity index (χ0v) is 12.7. The standard InChI is InChI=1S/C17H20N4O/c1-11(22)17-20-15-10-19-14-5-3-2-4-13(14)16(15)21(17)12-6-8-18-9-7-12/h2-5,10-12,18,22H,6-9H2,1H3. The highest BCUT2D eigenvalue weighted by Crippen LogP contribution is 2.32. The fraction of sp³-hybridized carbons (Fsp3) is 0.412. The highest BCUT2D eigenvalue weighted by molar-refractivity contribution is 6.02. The van der Waals surface area contributed by atoms with Gasteiger partial charge in [0.05, 0.1) is 17.2 Å². The lowest BCUT2D eigenvalue weighted by Crippen LogP contribution is -2.30. The van der Waals surface area contributed by atoms with Crippen LogP contribution in [0.1, 0.15) is 37.7 Å². The molecular formula is C17H20N4O. The molecule has 0 spiro atoms. The van der Waals surface area contributed by atoms with E-state index in [0.717, 1.165) is 53.7 Å². The quantitative estimate of drug-likeness (QED) is 0.763. The first-order valence-electron chi connectivity index (χ1n) is 7.90. The van der Waals surface area contributed by atoms with Crippen LogP contribution in [0.3, 0.4) is 0 Å². The summed E-state index contributed by atoms with van der Waals surface area (Å²) in [7, 11) is 0. The van der Waals surface area contributed by atoms with Gasteiger partial charge in [0.1, 0.15) is 17.4 Å². The summed E-state index contributed by atoms with van der Waals surface area (Å²) in [6.07, 6.45) is 3.35. The second-order valence-corrected chi connectivity index (χ2v) is 6.01. The Kier molecular flexibility index (Phi) is 3.32. The van der Waals surface area contributed by atoms with Gasteiger partial charge < -0.3 is 15.0 Å². The summed E-state index contributed by atoms with van der Waals surface area (Å²) in [6.45, 7) is 3.80. The number of imidazole rings is 1. The van der Waals surface area contributed by atoms with Crippen molar-refractivity contribution in [2.45, 2.75) is 31.9 Å². The molecule has 1 aliphatic heterocycles. The zero-order chi connectivity index (χ0) is 15.1. The van der Waals surface area contributed by atoms with E-state index in [-0.39, 0.29) is 0 Å². The third-order valence-corrected chi connectivity index (χ3v) is 4.50. The molecule has 2 aromatic heterocycles. The lowest BCUT2D eigenvalue weighted by molar-refractivity contribution is 0.179. The van der Waals surface area contributed by atoms with E-state index >= 15 is 0 Å². The Morgan fingerprint density at radius 3 is 2.77 bits per heavy atom. The van der Waals surface area contributed by atoms with Gasteiger partial charge in [-0.3, -0.25) is 4.98 Å². The number of benzene rings is 1. The minimum Gasteiger partial charge on any atom is -0.385 e. The molecule has 1 saturated heterocycles. The van der Waals surface area contributed by atoms with Crippen LogP contribution in [0, 0.1) is 0 Å². The zero-order valence-electron chi connectivity index (χ0n) is 12.7. The number of fused-ring (bicyclic) bond motifs is 3. The molecule has 22 heavy (non-hydrogen) atoms. The normalized spacial score (nSPS) is 18.1. The molecule has 0 radical (unpaired) electrons. The predicted molar refractivity (Wildman–Crippen MR) is 86.8 cm³/mol. The van der Waals surface area contributed by atoms with Gasteiger partial charge in [0, 0.05) is 11.4 Å². The topological polar surface area (TPSA) is 63.0 Å². The van der Waals surface area contributed by atoms with E-state index in [4.69, 9.17) is 0 Å². The Morgan fingerprint density at radius 1 is 1.23 bits per heavy atom. The summed E-state index contributed by atoms with van der Waals surface area (Å²) in [5, 5.41) is 14.7. The summed E-state index contributed by atoms with van der Waals surface area (Å²) in [6, 6.07) is 8.53. The maximum Gasteiger partial charge on any atom is 0.138 e. The Balaban J connectivity index is 2.04. The number of rotatable bonds is 2. The monoisotopic (exact) mass is 296 g/mol. The highest BCUT2D eigenvalue weighted by atomic mass is 16.3. The first-order valence-corrected chi connectivity index (χ1v) is 7.90. The maximum atomic E-state index is 10.2. The molecule has 5 heteroatoms. The molecule has 1 aliphatic rings. The van der Waals surface area contributed by atoms with Crippen LogP contribution in [0.25, 0.3) is 21.9 Å². The number of aliphatic hydroxyl groups is 1. The molecule has 1 fully saturated rings. The molecule has 0 saturated carbocycles. The summed E-state index contributed by atoms with van der Waals surface area (Å²) in [4.78, 5) is 9.17. The fourth-order valence-corrected chi connectivity index (χ4v) is 3.47. The van der Waals surface area contributed by atoms with Gasteiger partial charge >= 0.3 is 0 Å². The average Bonchev–Trinajstić information content (AvgIpc) is 2.96. The van der Waals surface area contributed by atoms with Crippen molar-refractivity contribution in [1.82, 2.24) is 19.9 Å². The third kappa shape index (κ3) is 2.09. The number of nitrogens with one attached hydrogen (secondary N) is 1. The molecule has 1 aromatic carbocycles. The van der Waals surface area contributed by atoms with Crippen molar-refractivity contribution in [3.05, 3.63) is 36.3 Å². The average molecular weight is 296 g/mol. The maximum absolute atomic E-state index is 10.2. The van der Waals surface area contributed by atoms with Crippen LogP contribution in [-0.2, 0) is 0 Å². The fourth-order valence-electron chi connectivity index (χ4n) is 3.47. The van der Waals surface area contributed by atoms with Crippen molar-refractivity contribution in [3.63, 3.8) is 0 Å². The Labute approximate surface area is 129 Å². The van der Waals surface area contributed by atoms with E-state index < -0.39 is 6.10 Å². The summed E-state index contributed by atoms with van der Waals surface area (Å²) in [5.41, 5.74) is 2.95. The van der Waals surface area contributed by atoms with Crippen LogP contribution >= 0.6 is 0 Å². The van der Waals surface area contributed by atoms with Crippen LogP contribution in [-0.4, -0.2) is 32.7 Å². The second-order valence-electron chi connectivity index (χ2n) is 6.01. The van der Waals surface area contributed by atoms with Crippen molar-refractivity contribution in [3.8, 4) is 0 Å². The van der Waals surface area contributed by atoms with Crippen LogP contribution in [0.15, 0.2) is 30.5 Å². The van der Waals surface area contributed by atoms with Gasteiger partial charge in [-0.25, -0.2) is 4.98 Å². The van der Waals surface area contributed by atoms with Gasteiger partial charge in [-0.15, -0.1) is 0 Å². The molecule has 114 valence electrons. The Bertz CT molecular complexity index is 818. The molecule has 4 rings (SSSR count). The van der Waals surface area contributed by atoms with Crippen molar-refractivity contribution in [1.29, 1.82) is 0 Å². The lowest BCUT2D eigenvalue weighted by atomic mass is 10.1. The number of aromatic nitrogens is 3. The van der Waals surface area contributed by atoms with Gasteiger partial charge in [0.15, 0.2) is 0 Å². The van der Waals surface area contributed by atoms with Gasteiger partial charge in [0.25, 0.3) is 0 Å². The molecule has 5 nitrogen and oxygen atoms in total. The number of piperidine rings is 1. The molecule has 0 aliphatic carbocycles. The highest BCUT2D eigenvalue weighted by Gasteiger charge is 2.24. The van der Waals surface area contributed by atoms with Crippen molar-refractivity contribution >= 4 is 21.9 Å². The van der Waals surface area contributed by atoms with Gasteiger partial charge in [-0.2, -0.15) is 0 Å². The minimum absolute atomic E-state index is 0.377. The van der Waals surface area contributed by atoms with Crippen molar-refractivity contribution in [2.24, 2.45) is 0 Å². The van der Waals surface area contributed by atoms with E-state index in [1.54, 1.807) is 6.92 Å². The lowest BCUT2D eigenvalue weighted by Gasteiger charge is -2.27. The summed E-state index contributed by atoms with van der Waals surface area (Å²) < 4.78 is 2.25. The van der Waals surface area contributed by atoms with Crippen molar-refractivity contribution in [2.75, 3.05) is 13.1 Å².